The van der Waals surface area contributed by atoms with Gasteiger partial charge in [-0.15, -0.1) is 0 Å². The number of carbonyl (C=O) groups excluding carboxylic acids is 2. The molecule has 4 rings (SSSR count). The average molecular weight is 464 g/mol. The Morgan fingerprint density at radius 2 is 1.57 bits per heavy atom. The molecule has 0 radical (unpaired) electrons. The molecule has 0 atom stereocenters. The predicted molar refractivity (Wildman–Crippen MR) is 138 cm³/mol. The third kappa shape index (κ3) is 6.65. The van der Waals surface area contributed by atoms with E-state index < -0.39 is 0 Å². The second-order valence-electron chi connectivity index (χ2n) is 7.89. The number of nitrogens with zero attached hydrogens (tertiary/aromatic N) is 1. The van der Waals surface area contributed by atoms with E-state index in [0.29, 0.717) is 29.2 Å². The van der Waals surface area contributed by atoms with Crippen LogP contribution in [-0.2, 0) is 6.61 Å². The Labute approximate surface area is 204 Å². The highest BCUT2D eigenvalue weighted by molar-refractivity contribution is 6.05. The van der Waals surface area contributed by atoms with Gasteiger partial charge in [-0.2, -0.15) is 5.10 Å². The molecule has 0 saturated heterocycles. The van der Waals surface area contributed by atoms with Crippen molar-refractivity contribution in [1.82, 2.24) is 5.43 Å². The van der Waals surface area contributed by atoms with Gasteiger partial charge in [0.2, 0.25) is 0 Å². The van der Waals surface area contributed by atoms with E-state index in [1.165, 1.54) is 0 Å². The van der Waals surface area contributed by atoms with Crippen LogP contribution in [0.5, 0.6) is 5.75 Å². The molecule has 4 aromatic carbocycles. The number of hydrazone groups is 1. The Kier molecular flexibility index (Phi) is 7.66. The first-order chi connectivity index (χ1) is 17.1. The van der Waals surface area contributed by atoms with E-state index in [1.54, 1.807) is 36.5 Å². The Bertz CT molecular complexity index is 1330. The largest absolute Gasteiger partial charge is 0.489 e. The fourth-order valence-corrected chi connectivity index (χ4v) is 3.39. The number of rotatable bonds is 8. The van der Waals surface area contributed by atoms with Gasteiger partial charge in [-0.25, -0.2) is 5.43 Å². The van der Waals surface area contributed by atoms with Crippen LogP contribution in [-0.4, -0.2) is 18.0 Å². The summed E-state index contributed by atoms with van der Waals surface area (Å²) >= 11 is 0. The number of ether oxygens (including phenoxy) is 1. The molecule has 2 N–H and O–H groups in total. The van der Waals surface area contributed by atoms with Crippen LogP contribution in [0.25, 0.3) is 0 Å². The molecule has 0 heterocycles. The number of carbonyl (C=O) groups is 2. The zero-order valence-electron chi connectivity index (χ0n) is 19.3. The Hall–Kier alpha value is -4.71. The highest BCUT2D eigenvalue weighted by atomic mass is 16.5. The van der Waals surface area contributed by atoms with Gasteiger partial charge in [-0.1, -0.05) is 60.7 Å². The van der Waals surface area contributed by atoms with Crippen molar-refractivity contribution in [1.29, 1.82) is 0 Å². The molecule has 174 valence electrons. The van der Waals surface area contributed by atoms with Crippen molar-refractivity contribution in [2.45, 2.75) is 13.5 Å². The summed E-state index contributed by atoms with van der Waals surface area (Å²) < 4.78 is 5.82. The van der Waals surface area contributed by atoms with Gasteiger partial charge in [-0.05, 0) is 66.1 Å². The lowest BCUT2D eigenvalue weighted by atomic mass is 10.1. The lowest BCUT2D eigenvalue weighted by molar-refractivity contribution is 0.0954. The van der Waals surface area contributed by atoms with E-state index in [2.05, 4.69) is 15.8 Å². The van der Waals surface area contributed by atoms with Gasteiger partial charge in [0.25, 0.3) is 11.8 Å². The smallest absolute Gasteiger partial charge is 0.271 e. The Balaban J connectivity index is 1.30. The maximum atomic E-state index is 12.4. The molecule has 0 spiro atoms. The summed E-state index contributed by atoms with van der Waals surface area (Å²) in [5, 5.41) is 6.89. The molecular weight excluding hydrogens is 438 g/mol. The zero-order valence-corrected chi connectivity index (χ0v) is 19.3. The van der Waals surface area contributed by atoms with Crippen LogP contribution in [0.1, 0.15) is 37.4 Å². The second-order valence-corrected chi connectivity index (χ2v) is 7.89. The summed E-state index contributed by atoms with van der Waals surface area (Å²) in [5.74, 6) is 0.168. The number of amides is 2. The molecular formula is C29H25N3O3. The number of nitrogens with one attached hydrogen (secondary N) is 2. The van der Waals surface area contributed by atoms with Crippen molar-refractivity contribution in [2.24, 2.45) is 5.10 Å². The summed E-state index contributed by atoms with van der Waals surface area (Å²) in [6.07, 6.45) is 1.56. The van der Waals surface area contributed by atoms with Gasteiger partial charge in [-0.3, -0.25) is 9.59 Å². The molecule has 0 aliphatic carbocycles. The lowest BCUT2D eigenvalue weighted by Crippen LogP contribution is -2.18. The van der Waals surface area contributed by atoms with E-state index in [0.717, 1.165) is 16.7 Å². The first kappa shape index (κ1) is 23.4. The van der Waals surface area contributed by atoms with Crippen LogP contribution < -0.4 is 15.5 Å². The highest BCUT2D eigenvalue weighted by Crippen LogP contribution is 2.15. The summed E-state index contributed by atoms with van der Waals surface area (Å²) in [6, 6.07) is 31.4. The third-order valence-electron chi connectivity index (χ3n) is 5.28. The van der Waals surface area contributed by atoms with Crippen LogP contribution in [0.15, 0.2) is 108 Å². The minimum Gasteiger partial charge on any atom is -0.489 e. The Morgan fingerprint density at radius 3 is 2.34 bits per heavy atom. The van der Waals surface area contributed by atoms with Crippen molar-refractivity contribution in [2.75, 3.05) is 5.32 Å². The van der Waals surface area contributed by atoms with Gasteiger partial charge in [0.05, 0.1) is 6.21 Å². The minimum atomic E-state index is -0.352. The lowest BCUT2D eigenvalue weighted by Gasteiger charge is -2.08. The standard InChI is InChI=1S/C29H25N3O3/c1-21-8-5-6-13-27(21)29(34)31-25-16-14-24(15-17-25)28(33)32-30-19-23-11-7-12-26(18-23)35-20-22-9-3-2-4-10-22/h2-19H,20H2,1H3,(H,31,34)(H,32,33)/b30-19+. The molecule has 35 heavy (non-hydrogen) atoms. The molecule has 0 aromatic heterocycles. The molecule has 0 aliphatic rings. The van der Waals surface area contributed by atoms with Gasteiger partial charge in [0, 0.05) is 16.8 Å². The van der Waals surface area contributed by atoms with Crippen LogP contribution in [0.2, 0.25) is 0 Å². The molecule has 0 fully saturated rings. The summed E-state index contributed by atoms with van der Waals surface area (Å²) in [4.78, 5) is 24.9. The van der Waals surface area contributed by atoms with Gasteiger partial charge in [0.1, 0.15) is 12.4 Å². The number of aryl methyl sites for hydroxylation is 1. The van der Waals surface area contributed by atoms with Gasteiger partial charge < -0.3 is 10.1 Å². The Morgan fingerprint density at radius 1 is 0.829 bits per heavy atom. The SMILES string of the molecule is Cc1ccccc1C(=O)Nc1ccc(C(=O)N/N=C/c2cccc(OCc3ccccc3)c2)cc1. The van der Waals surface area contributed by atoms with Gasteiger partial charge >= 0.3 is 0 Å². The van der Waals surface area contributed by atoms with Crippen molar-refractivity contribution in [3.05, 3.63) is 131 Å². The molecule has 0 saturated carbocycles. The molecule has 4 aromatic rings. The summed E-state index contributed by atoms with van der Waals surface area (Å²) in [5.41, 5.74) is 6.93. The first-order valence-corrected chi connectivity index (χ1v) is 11.2. The molecule has 0 bridgehead atoms. The van der Waals surface area contributed by atoms with E-state index in [1.807, 2.05) is 79.7 Å². The van der Waals surface area contributed by atoms with E-state index in [9.17, 15) is 9.59 Å². The molecule has 0 unspecified atom stereocenters. The van der Waals surface area contributed by atoms with E-state index in [4.69, 9.17) is 4.74 Å². The topological polar surface area (TPSA) is 79.8 Å². The van der Waals surface area contributed by atoms with E-state index in [-0.39, 0.29) is 11.8 Å². The van der Waals surface area contributed by atoms with Crippen molar-refractivity contribution in [3.8, 4) is 5.75 Å². The molecule has 6 heteroatoms. The number of anilines is 1. The maximum absolute atomic E-state index is 12.4. The average Bonchev–Trinajstić information content (AvgIpc) is 2.89. The molecule has 0 aliphatic heterocycles. The summed E-state index contributed by atoms with van der Waals surface area (Å²) in [6.45, 7) is 2.36. The maximum Gasteiger partial charge on any atom is 0.271 e. The van der Waals surface area contributed by atoms with Crippen LogP contribution in [0.3, 0.4) is 0 Å². The molecule has 2 amide bonds. The molecule has 6 nitrogen and oxygen atoms in total. The van der Waals surface area contributed by atoms with Crippen molar-refractivity contribution in [3.63, 3.8) is 0 Å². The van der Waals surface area contributed by atoms with Crippen molar-refractivity contribution >= 4 is 23.7 Å². The monoisotopic (exact) mass is 463 g/mol. The fourth-order valence-electron chi connectivity index (χ4n) is 3.39. The normalized spacial score (nSPS) is 10.7. The zero-order chi connectivity index (χ0) is 24.5. The summed E-state index contributed by atoms with van der Waals surface area (Å²) in [7, 11) is 0. The fraction of sp³-hybridized carbons (Fsp3) is 0.0690. The second kappa shape index (κ2) is 11.4. The number of hydrogen-bond donors (Lipinski definition) is 2. The van der Waals surface area contributed by atoms with Crippen LogP contribution >= 0.6 is 0 Å². The predicted octanol–water partition coefficient (Wildman–Crippen LogP) is 5.59. The minimum absolute atomic E-state index is 0.195. The van der Waals surface area contributed by atoms with Gasteiger partial charge in [0.15, 0.2) is 0 Å². The van der Waals surface area contributed by atoms with E-state index >= 15 is 0 Å². The quantitative estimate of drug-likeness (QED) is 0.264. The third-order valence-corrected chi connectivity index (χ3v) is 5.28. The van der Waals surface area contributed by atoms with Crippen LogP contribution in [0.4, 0.5) is 5.69 Å². The first-order valence-electron chi connectivity index (χ1n) is 11.2. The number of hydrogen-bond acceptors (Lipinski definition) is 4. The number of benzene rings is 4. The highest BCUT2D eigenvalue weighted by Gasteiger charge is 2.09. The van der Waals surface area contributed by atoms with Crippen LogP contribution in [0, 0.1) is 6.92 Å². The van der Waals surface area contributed by atoms with Crippen molar-refractivity contribution < 1.29 is 14.3 Å².